The van der Waals surface area contributed by atoms with E-state index in [9.17, 15) is 9.90 Å². The Labute approximate surface area is 130 Å². The molecule has 0 saturated carbocycles. The lowest BCUT2D eigenvalue weighted by atomic mass is 10.1. The van der Waals surface area contributed by atoms with Crippen LogP contribution in [0.5, 0.6) is 0 Å². The van der Waals surface area contributed by atoms with Gasteiger partial charge in [0.1, 0.15) is 4.88 Å². The van der Waals surface area contributed by atoms with Crippen LogP contribution in [0.15, 0.2) is 53.4 Å². The van der Waals surface area contributed by atoms with E-state index in [1.807, 2.05) is 48.5 Å². The highest BCUT2D eigenvalue weighted by atomic mass is 32.2. The number of carbonyl (C=O) groups is 1. The number of thioether (sulfide) groups is 1. The molecule has 3 N–H and O–H groups in total. The quantitative estimate of drug-likeness (QED) is 0.550. The Hall–Kier alpha value is -1.98. The SMILES string of the molecule is Nc1cccc(SCc2c(C(=O)O)sc3ccccc23)c1. The van der Waals surface area contributed by atoms with Gasteiger partial charge in [0.15, 0.2) is 0 Å². The molecule has 3 rings (SSSR count). The van der Waals surface area contributed by atoms with Gasteiger partial charge >= 0.3 is 5.97 Å². The minimum atomic E-state index is -0.862. The summed E-state index contributed by atoms with van der Waals surface area (Å²) in [7, 11) is 0. The largest absolute Gasteiger partial charge is 0.477 e. The molecule has 3 nitrogen and oxygen atoms in total. The van der Waals surface area contributed by atoms with E-state index in [1.54, 1.807) is 11.8 Å². The van der Waals surface area contributed by atoms with Crippen molar-refractivity contribution in [2.45, 2.75) is 10.6 Å². The van der Waals surface area contributed by atoms with Crippen molar-refractivity contribution in [1.29, 1.82) is 0 Å². The van der Waals surface area contributed by atoms with Crippen molar-refractivity contribution in [3.63, 3.8) is 0 Å². The topological polar surface area (TPSA) is 63.3 Å². The third kappa shape index (κ3) is 2.89. The lowest BCUT2D eigenvalue weighted by molar-refractivity contribution is 0.0701. The zero-order chi connectivity index (χ0) is 14.8. The molecular weight excluding hydrogens is 302 g/mol. The Bertz CT molecular complexity index is 811. The van der Waals surface area contributed by atoms with Crippen LogP contribution in [0.4, 0.5) is 5.69 Å². The van der Waals surface area contributed by atoms with Gasteiger partial charge in [-0.05, 0) is 35.2 Å². The highest BCUT2D eigenvalue weighted by molar-refractivity contribution is 7.98. The van der Waals surface area contributed by atoms with Crippen LogP contribution in [0, 0.1) is 0 Å². The van der Waals surface area contributed by atoms with E-state index in [0.717, 1.165) is 20.5 Å². The zero-order valence-electron chi connectivity index (χ0n) is 11.1. The fourth-order valence-electron chi connectivity index (χ4n) is 2.17. The Morgan fingerprint density at radius 2 is 2.00 bits per heavy atom. The second-order valence-electron chi connectivity index (χ2n) is 4.57. The predicted octanol–water partition coefficient (Wildman–Crippen LogP) is 4.47. The molecule has 0 bridgehead atoms. The molecule has 0 radical (unpaired) electrons. The molecule has 1 heterocycles. The van der Waals surface area contributed by atoms with Gasteiger partial charge < -0.3 is 10.8 Å². The summed E-state index contributed by atoms with van der Waals surface area (Å²) >= 11 is 2.93. The maximum Gasteiger partial charge on any atom is 0.346 e. The average molecular weight is 315 g/mol. The molecular formula is C16H13NO2S2. The summed E-state index contributed by atoms with van der Waals surface area (Å²) in [6.07, 6.45) is 0. The number of benzene rings is 2. The Kier molecular flexibility index (Phi) is 3.86. The fourth-order valence-corrected chi connectivity index (χ4v) is 4.33. The third-order valence-corrected chi connectivity index (χ3v) is 5.36. The van der Waals surface area contributed by atoms with Crippen LogP contribution in [-0.4, -0.2) is 11.1 Å². The van der Waals surface area contributed by atoms with Crippen molar-refractivity contribution in [2.75, 3.05) is 5.73 Å². The van der Waals surface area contributed by atoms with Crippen molar-refractivity contribution in [2.24, 2.45) is 0 Å². The first-order chi connectivity index (χ1) is 10.1. The first kappa shape index (κ1) is 14.0. The summed E-state index contributed by atoms with van der Waals surface area (Å²) in [6, 6.07) is 15.4. The minimum absolute atomic E-state index is 0.424. The van der Waals surface area contributed by atoms with Gasteiger partial charge in [-0.2, -0.15) is 0 Å². The molecule has 0 amide bonds. The molecule has 2 aromatic carbocycles. The molecule has 0 aliphatic rings. The number of thiophene rings is 1. The number of nitrogens with two attached hydrogens (primary N) is 1. The number of rotatable bonds is 4. The number of hydrogen-bond donors (Lipinski definition) is 2. The van der Waals surface area contributed by atoms with Crippen molar-refractivity contribution in [3.05, 3.63) is 59.0 Å². The van der Waals surface area contributed by atoms with Crippen LogP contribution < -0.4 is 5.73 Å². The van der Waals surface area contributed by atoms with E-state index in [1.165, 1.54) is 11.3 Å². The highest BCUT2D eigenvalue weighted by Crippen LogP contribution is 2.35. The van der Waals surface area contributed by atoms with E-state index in [-0.39, 0.29) is 0 Å². The summed E-state index contributed by atoms with van der Waals surface area (Å²) in [6.45, 7) is 0. The summed E-state index contributed by atoms with van der Waals surface area (Å²) in [5.74, 6) is -0.242. The normalized spacial score (nSPS) is 10.9. The lowest BCUT2D eigenvalue weighted by Gasteiger charge is -2.04. The van der Waals surface area contributed by atoms with Crippen molar-refractivity contribution in [3.8, 4) is 0 Å². The Morgan fingerprint density at radius 3 is 2.76 bits per heavy atom. The molecule has 0 spiro atoms. The molecule has 106 valence electrons. The summed E-state index contributed by atoms with van der Waals surface area (Å²) < 4.78 is 1.01. The molecule has 0 aliphatic heterocycles. The maximum atomic E-state index is 11.4. The summed E-state index contributed by atoms with van der Waals surface area (Å²) in [5.41, 5.74) is 7.37. The molecule has 0 aliphatic carbocycles. The van der Waals surface area contributed by atoms with Gasteiger partial charge in [0.25, 0.3) is 0 Å². The Morgan fingerprint density at radius 1 is 1.19 bits per heavy atom. The molecule has 1 aromatic heterocycles. The molecule has 21 heavy (non-hydrogen) atoms. The van der Waals surface area contributed by atoms with E-state index in [0.29, 0.717) is 16.3 Å². The predicted molar refractivity (Wildman–Crippen MR) is 89.2 cm³/mol. The van der Waals surface area contributed by atoms with Crippen molar-refractivity contribution < 1.29 is 9.90 Å². The fraction of sp³-hybridized carbons (Fsp3) is 0.0625. The second-order valence-corrected chi connectivity index (χ2v) is 6.67. The first-order valence-corrected chi connectivity index (χ1v) is 8.17. The van der Waals surface area contributed by atoms with Crippen molar-refractivity contribution in [1.82, 2.24) is 0 Å². The molecule has 0 unspecified atom stereocenters. The second kappa shape index (κ2) is 5.79. The lowest BCUT2D eigenvalue weighted by Crippen LogP contribution is -1.96. The van der Waals surface area contributed by atoms with E-state index < -0.39 is 5.97 Å². The standard InChI is InChI=1S/C16H13NO2S2/c17-10-4-3-5-11(8-10)20-9-13-12-6-1-2-7-14(12)21-15(13)16(18)19/h1-8H,9,17H2,(H,18,19). The van der Waals surface area contributed by atoms with E-state index in [4.69, 9.17) is 5.73 Å². The van der Waals surface area contributed by atoms with Gasteiger partial charge in [0.2, 0.25) is 0 Å². The first-order valence-electron chi connectivity index (χ1n) is 6.37. The van der Waals surface area contributed by atoms with Crippen LogP contribution in [0.3, 0.4) is 0 Å². The van der Waals surface area contributed by atoms with E-state index >= 15 is 0 Å². The van der Waals surface area contributed by atoms with Crippen LogP contribution >= 0.6 is 23.1 Å². The third-order valence-electron chi connectivity index (χ3n) is 3.13. The number of hydrogen-bond acceptors (Lipinski definition) is 4. The smallest absolute Gasteiger partial charge is 0.346 e. The maximum absolute atomic E-state index is 11.4. The molecule has 5 heteroatoms. The van der Waals surface area contributed by atoms with Crippen LogP contribution in [-0.2, 0) is 5.75 Å². The summed E-state index contributed by atoms with van der Waals surface area (Å²) in [4.78, 5) is 12.9. The number of fused-ring (bicyclic) bond motifs is 1. The zero-order valence-corrected chi connectivity index (χ0v) is 12.7. The highest BCUT2D eigenvalue weighted by Gasteiger charge is 2.17. The number of carboxylic acids is 1. The molecule has 0 saturated heterocycles. The number of nitrogen functional groups attached to an aromatic ring is 1. The van der Waals surface area contributed by atoms with Gasteiger partial charge in [-0.15, -0.1) is 23.1 Å². The summed E-state index contributed by atoms with van der Waals surface area (Å²) in [5, 5.41) is 10.4. The Balaban J connectivity index is 1.95. The minimum Gasteiger partial charge on any atom is -0.477 e. The average Bonchev–Trinajstić information content (AvgIpc) is 2.84. The number of anilines is 1. The van der Waals surface area contributed by atoms with Gasteiger partial charge in [-0.25, -0.2) is 4.79 Å². The van der Waals surface area contributed by atoms with Crippen LogP contribution in [0.2, 0.25) is 0 Å². The van der Waals surface area contributed by atoms with Gasteiger partial charge in [0, 0.05) is 21.0 Å². The van der Waals surface area contributed by atoms with Gasteiger partial charge in [-0.3, -0.25) is 0 Å². The van der Waals surface area contributed by atoms with E-state index in [2.05, 4.69) is 0 Å². The monoisotopic (exact) mass is 315 g/mol. The number of carboxylic acid groups (broad SMARTS) is 1. The van der Waals surface area contributed by atoms with Crippen LogP contribution in [0.25, 0.3) is 10.1 Å². The van der Waals surface area contributed by atoms with Crippen LogP contribution in [0.1, 0.15) is 15.2 Å². The molecule has 0 fully saturated rings. The van der Waals surface area contributed by atoms with Gasteiger partial charge in [0.05, 0.1) is 0 Å². The van der Waals surface area contributed by atoms with Gasteiger partial charge in [-0.1, -0.05) is 24.3 Å². The number of aromatic carboxylic acids is 1. The van der Waals surface area contributed by atoms with Crippen molar-refractivity contribution >= 4 is 44.8 Å². The molecule has 3 aromatic rings. The molecule has 0 atom stereocenters.